The van der Waals surface area contributed by atoms with Gasteiger partial charge in [0.05, 0.1) is 22.5 Å². The Kier molecular flexibility index (Phi) is 4.32. The molecule has 2 heterocycles. The number of aromatic nitrogens is 1. The van der Waals surface area contributed by atoms with E-state index >= 15 is 0 Å². The molecule has 110 valence electrons. The summed E-state index contributed by atoms with van der Waals surface area (Å²) in [5.41, 5.74) is -0.292. The average molecular weight is 306 g/mol. The van der Waals surface area contributed by atoms with Crippen LogP contribution in [0.15, 0.2) is 29.2 Å². The van der Waals surface area contributed by atoms with E-state index in [0.717, 1.165) is 22.1 Å². The molecule has 0 spiro atoms. The summed E-state index contributed by atoms with van der Waals surface area (Å²) in [6, 6.07) is 4.77. The first-order valence-corrected chi connectivity index (χ1v) is 7.21. The zero-order chi connectivity index (χ0) is 15.6. The van der Waals surface area contributed by atoms with Crippen molar-refractivity contribution in [1.29, 1.82) is 0 Å². The highest BCUT2D eigenvalue weighted by molar-refractivity contribution is 7.14. The topological polar surface area (TPSA) is 82.2 Å². The average Bonchev–Trinajstić information content (AvgIpc) is 2.90. The van der Waals surface area contributed by atoms with Crippen molar-refractivity contribution in [2.75, 3.05) is 0 Å². The molecule has 7 heteroatoms. The number of hydrogen-bond donors (Lipinski definition) is 0. The Morgan fingerprint density at radius 3 is 2.71 bits per heavy atom. The summed E-state index contributed by atoms with van der Waals surface area (Å²) in [6.45, 7) is 3.30. The van der Waals surface area contributed by atoms with Gasteiger partial charge >= 0.3 is 0 Å². The molecule has 0 fully saturated rings. The standard InChI is InChI=1S/C14H14N2O4S/c1-3-10-4-5-13(21-10)12(17)8-15-7-11(16(19)20)9(2)6-14(15)18/h4-7H,3,8H2,1-2H3. The lowest BCUT2D eigenvalue weighted by Crippen LogP contribution is -2.23. The monoisotopic (exact) mass is 306 g/mol. The zero-order valence-electron chi connectivity index (χ0n) is 11.7. The molecule has 2 aromatic heterocycles. The van der Waals surface area contributed by atoms with Crippen molar-refractivity contribution in [3.05, 3.63) is 60.2 Å². The fourth-order valence-corrected chi connectivity index (χ4v) is 2.80. The number of hydrogen-bond acceptors (Lipinski definition) is 5. The van der Waals surface area contributed by atoms with Gasteiger partial charge in [-0.1, -0.05) is 6.92 Å². The molecule has 0 amide bonds. The number of pyridine rings is 1. The Labute approximate surface area is 124 Å². The van der Waals surface area contributed by atoms with E-state index in [1.54, 1.807) is 6.07 Å². The predicted octanol–water partition coefficient (Wildman–Crippen LogP) is 2.57. The van der Waals surface area contributed by atoms with Gasteiger partial charge in [0.15, 0.2) is 5.78 Å². The zero-order valence-corrected chi connectivity index (χ0v) is 12.5. The number of aryl methyl sites for hydroxylation is 2. The van der Waals surface area contributed by atoms with Crippen molar-refractivity contribution in [2.24, 2.45) is 0 Å². The summed E-state index contributed by atoms with van der Waals surface area (Å²) in [6.07, 6.45) is 1.97. The number of carbonyl (C=O) groups is 1. The molecule has 2 aromatic rings. The molecule has 0 aliphatic rings. The Balaban J connectivity index is 2.30. The van der Waals surface area contributed by atoms with Gasteiger partial charge in [-0.2, -0.15) is 0 Å². The number of nitro groups is 1. The summed E-state index contributed by atoms with van der Waals surface area (Å²) in [4.78, 5) is 35.9. The highest BCUT2D eigenvalue weighted by Gasteiger charge is 2.16. The van der Waals surface area contributed by atoms with Gasteiger partial charge < -0.3 is 4.57 Å². The number of thiophene rings is 1. The quantitative estimate of drug-likeness (QED) is 0.483. The van der Waals surface area contributed by atoms with Gasteiger partial charge in [-0.25, -0.2) is 0 Å². The lowest BCUT2D eigenvalue weighted by Gasteiger charge is -2.05. The van der Waals surface area contributed by atoms with Crippen LogP contribution in [0, 0.1) is 17.0 Å². The van der Waals surface area contributed by atoms with Gasteiger partial charge in [-0.3, -0.25) is 19.7 Å². The summed E-state index contributed by atoms with van der Waals surface area (Å²) in [5, 5.41) is 10.9. The van der Waals surface area contributed by atoms with E-state index in [1.807, 2.05) is 13.0 Å². The van der Waals surface area contributed by atoms with E-state index in [1.165, 1.54) is 24.3 Å². The third-order valence-corrected chi connectivity index (χ3v) is 4.37. The molecule has 0 bridgehead atoms. The molecule has 21 heavy (non-hydrogen) atoms. The maximum absolute atomic E-state index is 12.1. The molecule has 0 saturated heterocycles. The third kappa shape index (κ3) is 3.25. The van der Waals surface area contributed by atoms with Gasteiger partial charge in [-0.15, -0.1) is 11.3 Å². The maximum atomic E-state index is 12.1. The molecule has 0 aliphatic carbocycles. The molecule has 0 aliphatic heterocycles. The smallest absolute Gasteiger partial charge is 0.288 e. The van der Waals surface area contributed by atoms with Crippen LogP contribution in [0.1, 0.15) is 27.0 Å². The third-order valence-electron chi connectivity index (χ3n) is 3.10. The number of ketones is 1. The Hall–Kier alpha value is -2.28. The van der Waals surface area contributed by atoms with Crippen LogP contribution in [0.25, 0.3) is 0 Å². The molecular formula is C14H14N2O4S. The lowest BCUT2D eigenvalue weighted by molar-refractivity contribution is -0.385. The Morgan fingerprint density at radius 2 is 2.14 bits per heavy atom. The van der Waals surface area contributed by atoms with E-state index in [0.29, 0.717) is 4.88 Å². The van der Waals surface area contributed by atoms with Gasteiger partial charge in [0.2, 0.25) is 0 Å². The second kappa shape index (κ2) is 6.01. The van der Waals surface area contributed by atoms with Crippen LogP contribution in [0.3, 0.4) is 0 Å². The minimum Gasteiger partial charge on any atom is -0.301 e. The molecule has 0 aromatic carbocycles. The molecule has 0 unspecified atom stereocenters. The van der Waals surface area contributed by atoms with Gasteiger partial charge in [0.25, 0.3) is 11.2 Å². The number of Topliss-reactive ketones (excluding diaryl/α,β-unsaturated/α-hetero) is 1. The molecular weight excluding hydrogens is 292 g/mol. The largest absolute Gasteiger partial charge is 0.301 e. The van der Waals surface area contributed by atoms with Crippen LogP contribution in [-0.4, -0.2) is 15.3 Å². The SMILES string of the molecule is CCc1ccc(C(=O)Cn2cc([N+](=O)[O-])c(C)cc2=O)s1. The van der Waals surface area contributed by atoms with Crippen molar-refractivity contribution >= 4 is 22.8 Å². The van der Waals surface area contributed by atoms with Crippen LogP contribution >= 0.6 is 11.3 Å². The van der Waals surface area contributed by atoms with E-state index < -0.39 is 10.5 Å². The normalized spacial score (nSPS) is 10.6. The van der Waals surface area contributed by atoms with Crippen LogP contribution in [0.5, 0.6) is 0 Å². The van der Waals surface area contributed by atoms with Crippen molar-refractivity contribution in [3.8, 4) is 0 Å². The van der Waals surface area contributed by atoms with E-state index in [4.69, 9.17) is 0 Å². The van der Waals surface area contributed by atoms with Crippen LogP contribution in [-0.2, 0) is 13.0 Å². The maximum Gasteiger partial charge on any atom is 0.288 e. The van der Waals surface area contributed by atoms with Crippen LogP contribution in [0.4, 0.5) is 5.69 Å². The molecule has 0 saturated carbocycles. The first-order chi connectivity index (χ1) is 9.92. The van der Waals surface area contributed by atoms with Crippen LogP contribution < -0.4 is 5.56 Å². The molecule has 0 atom stereocenters. The van der Waals surface area contributed by atoms with Gasteiger partial charge in [0.1, 0.15) is 0 Å². The minimum atomic E-state index is -0.559. The first kappa shape index (κ1) is 15.1. The van der Waals surface area contributed by atoms with Crippen molar-refractivity contribution in [3.63, 3.8) is 0 Å². The Morgan fingerprint density at radius 1 is 1.43 bits per heavy atom. The van der Waals surface area contributed by atoms with Gasteiger partial charge in [0, 0.05) is 16.5 Å². The van der Waals surface area contributed by atoms with E-state index in [-0.39, 0.29) is 23.6 Å². The van der Waals surface area contributed by atoms with E-state index in [2.05, 4.69) is 0 Å². The van der Waals surface area contributed by atoms with Gasteiger partial charge in [-0.05, 0) is 25.5 Å². The number of carbonyl (C=O) groups excluding carboxylic acids is 1. The summed E-state index contributed by atoms with van der Waals surface area (Å²) >= 11 is 1.38. The lowest BCUT2D eigenvalue weighted by atomic mass is 10.2. The fourth-order valence-electron chi connectivity index (χ4n) is 1.92. The first-order valence-electron chi connectivity index (χ1n) is 6.39. The van der Waals surface area contributed by atoms with Crippen molar-refractivity contribution in [2.45, 2.75) is 26.8 Å². The second-order valence-electron chi connectivity index (χ2n) is 4.61. The molecule has 2 rings (SSSR count). The fraction of sp³-hybridized carbons (Fsp3) is 0.286. The molecule has 6 nitrogen and oxygen atoms in total. The summed E-state index contributed by atoms with van der Waals surface area (Å²) < 4.78 is 1.08. The summed E-state index contributed by atoms with van der Waals surface area (Å²) in [5.74, 6) is -0.222. The Bertz CT molecular complexity index is 761. The predicted molar refractivity (Wildman–Crippen MR) is 80.1 cm³/mol. The van der Waals surface area contributed by atoms with Crippen LogP contribution in [0.2, 0.25) is 0 Å². The number of nitrogens with zero attached hydrogens (tertiary/aromatic N) is 2. The van der Waals surface area contributed by atoms with Crippen molar-refractivity contribution < 1.29 is 9.72 Å². The number of rotatable bonds is 5. The second-order valence-corrected chi connectivity index (χ2v) is 5.78. The molecule has 0 N–H and O–H groups in total. The highest BCUT2D eigenvalue weighted by atomic mass is 32.1. The summed E-state index contributed by atoms with van der Waals surface area (Å²) in [7, 11) is 0. The molecule has 0 radical (unpaired) electrons. The minimum absolute atomic E-state index is 0.164. The highest BCUT2D eigenvalue weighted by Crippen LogP contribution is 2.19. The van der Waals surface area contributed by atoms with E-state index in [9.17, 15) is 19.7 Å². The van der Waals surface area contributed by atoms with Crippen molar-refractivity contribution in [1.82, 2.24) is 4.57 Å².